The normalized spacial score (nSPS) is 17.5. The van der Waals surface area contributed by atoms with Gasteiger partial charge in [0.2, 0.25) is 5.91 Å². The van der Waals surface area contributed by atoms with Crippen LogP contribution < -0.4 is 0 Å². The van der Waals surface area contributed by atoms with E-state index < -0.39 is 0 Å². The number of carbonyl (C=O) groups is 1. The van der Waals surface area contributed by atoms with Crippen molar-refractivity contribution in [1.82, 2.24) is 19.8 Å². The Bertz CT molecular complexity index is 977. The molecule has 1 fully saturated rings. The minimum absolute atomic E-state index is 0.0566. The van der Waals surface area contributed by atoms with Crippen LogP contribution >= 0.6 is 0 Å². The van der Waals surface area contributed by atoms with Gasteiger partial charge in [0.1, 0.15) is 0 Å². The van der Waals surface area contributed by atoms with Crippen molar-refractivity contribution in [1.29, 1.82) is 0 Å². The van der Waals surface area contributed by atoms with Crippen LogP contribution in [0.3, 0.4) is 0 Å². The summed E-state index contributed by atoms with van der Waals surface area (Å²) in [7, 11) is 0. The lowest BCUT2D eigenvalue weighted by Gasteiger charge is -2.24. The highest BCUT2D eigenvalue weighted by Gasteiger charge is 2.30. The average Bonchev–Trinajstić information content (AvgIpc) is 2.95. The smallest absolute Gasteiger partial charge is 0.227 e. The number of hydrogen-bond acceptors (Lipinski definition) is 4. The van der Waals surface area contributed by atoms with E-state index in [-0.39, 0.29) is 11.8 Å². The fourth-order valence-corrected chi connectivity index (χ4v) is 4.42. The van der Waals surface area contributed by atoms with Crippen molar-refractivity contribution in [3.63, 3.8) is 0 Å². The zero-order chi connectivity index (χ0) is 21.5. The lowest BCUT2D eigenvalue weighted by atomic mass is 9.91. The van der Waals surface area contributed by atoms with Gasteiger partial charge in [0.15, 0.2) is 0 Å². The summed E-state index contributed by atoms with van der Waals surface area (Å²) in [5, 5.41) is 0. The van der Waals surface area contributed by atoms with Gasteiger partial charge in [0.05, 0.1) is 5.92 Å². The van der Waals surface area contributed by atoms with Crippen LogP contribution in [0.2, 0.25) is 0 Å². The maximum atomic E-state index is 13.5. The molecule has 5 heteroatoms. The molecule has 0 spiro atoms. The summed E-state index contributed by atoms with van der Waals surface area (Å²) >= 11 is 0. The number of pyridine rings is 2. The summed E-state index contributed by atoms with van der Waals surface area (Å²) in [6.45, 7) is 6.27. The maximum Gasteiger partial charge on any atom is 0.227 e. The van der Waals surface area contributed by atoms with Gasteiger partial charge in [-0.05, 0) is 59.4 Å². The number of nitrogens with zero attached hydrogens (tertiary/aromatic N) is 4. The van der Waals surface area contributed by atoms with Crippen LogP contribution in [-0.2, 0) is 17.8 Å². The molecule has 0 unspecified atom stereocenters. The van der Waals surface area contributed by atoms with Crippen LogP contribution in [0, 0.1) is 5.92 Å². The molecule has 1 aromatic carbocycles. The maximum absolute atomic E-state index is 13.5. The molecule has 2 aromatic heterocycles. The Morgan fingerprint density at radius 2 is 1.65 bits per heavy atom. The fraction of sp³-hybridized carbons (Fsp3) is 0.346. The largest absolute Gasteiger partial charge is 0.341 e. The predicted octanol–water partition coefficient (Wildman–Crippen LogP) is 4.06. The zero-order valence-corrected chi connectivity index (χ0v) is 18.2. The summed E-state index contributed by atoms with van der Waals surface area (Å²) in [4.78, 5) is 26.2. The van der Waals surface area contributed by atoms with Gasteiger partial charge in [-0.25, -0.2) is 0 Å². The third-order valence-corrected chi connectivity index (χ3v) is 5.95. The highest BCUT2D eigenvalue weighted by atomic mass is 16.2. The number of benzene rings is 1. The van der Waals surface area contributed by atoms with E-state index in [0.717, 1.165) is 51.1 Å². The van der Waals surface area contributed by atoms with Gasteiger partial charge in [-0.1, -0.05) is 31.2 Å². The minimum atomic E-state index is -0.0566. The van der Waals surface area contributed by atoms with Crippen molar-refractivity contribution in [2.24, 2.45) is 5.92 Å². The van der Waals surface area contributed by atoms with E-state index in [4.69, 9.17) is 0 Å². The first-order chi connectivity index (χ1) is 15.2. The first kappa shape index (κ1) is 21.2. The molecule has 1 saturated heterocycles. The van der Waals surface area contributed by atoms with Gasteiger partial charge in [0, 0.05) is 57.5 Å². The molecule has 1 amide bonds. The molecule has 0 bridgehead atoms. The van der Waals surface area contributed by atoms with Crippen molar-refractivity contribution in [2.75, 3.05) is 26.2 Å². The predicted molar refractivity (Wildman–Crippen MR) is 123 cm³/mol. The van der Waals surface area contributed by atoms with E-state index in [1.807, 2.05) is 36.9 Å². The molecular formula is C26H30N4O. The van der Waals surface area contributed by atoms with Crippen molar-refractivity contribution in [3.8, 4) is 11.1 Å². The van der Waals surface area contributed by atoms with E-state index in [0.29, 0.717) is 0 Å². The molecular weight excluding hydrogens is 384 g/mol. The zero-order valence-electron chi connectivity index (χ0n) is 18.2. The molecule has 31 heavy (non-hydrogen) atoms. The second-order valence-corrected chi connectivity index (χ2v) is 8.21. The monoisotopic (exact) mass is 414 g/mol. The number of amides is 1. The van der Waals surface area contributed by atoms with E-state index in [2.05, 4.69) is 63.1 Å². The van der Waals surface area contributed by atoms with Gasteiger partial charge < -0.3 is 4.90 Å². The topological polar surface area (TPSA) is 49.3 Å². The number of aromatic nitrogens is 2. The number of carbonyl (C=O) groups excluding carboxylic acids is 1. The first-order valence-corrected chi connectivity index (χ1v) is 11.1. The Balaban J connectivity index is 1.59. The summed E-state index contributed by atoms with van der Waals surface area (Å²) in [5.41, 5.74) is 4.78. The van der Waals surface area contributed by atoms with Crippen molar-refractivity contribution < 1.29 is 4.79 Å². The van der Waals surface area contributed by atoms with Crippen molar-refractivity contribution >= 4 is 5.91 Å². The third-order valence-electron chi connectivity index (χ3n) is 5.95. The second kappa shape index (κ2) is 10.3. The Kier molecular flexibility index (Phi) is 7.05. The fourth-order valence-electron chi connectivity index (χ4n) is 4.42. The van der Waals surface area contributed by atoms with Crippen LogP contribution in [0.1, 0.15) is 24.5 Å². The highest BCUT2D eigenvalue weighted by Crippen LogP contribution is 2.27. The van der Waals surface area contributed by atoms with Gasteiger partial charge in [-0.2, -0.15) is 0 Å². The average molecular weight is 415 g/mol. The Labute approximate surface area is 184 Å². The summed E-state index contributed by atoms with van der Waals surface area (Å²) < 4.78 is 0. The molecule has 0 N–H and O–H groups in total. The van der Waals surface area contributed by atoms with Crippen molar-refractivity contribution in [3.05, 3.63) is 84.4 Å². The van der Waals surface area contributed by atoms with Crippen molar-refractivity contribution in [2.45, 2.75) is 26.3 Å². The van der Waals surface area contributed by atoms with Gasteiger partial charge in [-0.3, -0.25) is 19.7 Å². The van der Waals surface area contributed by atoms with Crippen LogP contribution in [0.5, 0.6) is 0 Å². The van der Waals surface area contributed by atoms with Crippen LogP contribution in [0.25, 0.3) is 11.1 Å². The molecule has 0 saturated carbocycles. The molecule has 3 aromatic rings. The Hall–Kier alpha value is -3.05. The number of rotatable bonds is 7. The molecule has 0 radical (unpaired) electrons. The Morgan fingerprint density at radius 1 is 0.935 bits per heavy atom. The first-order valence-electron chi connectivity index (χ1n) is 11.1. The molecule has 1 aliphatic heterocycles. The van der Waals surface area contributed by atoms with E-state index >= 15 is 0 Å². The molecule has 1 aliphatic rings. The molecule has 3 heterocycles. The van der Waals surface area contributed by atoms with Gasteiger partial charge in [-0.15, -0.1) is 0 Å². The molecule has 4 rings (SSSR count). The van der Waals surface area contributed by atoms with Gasteiger partial charge in [0.25, 0.3) is 0 Å². The summed E-state index contributed by atoms with van der Waals surface area (Å²) in [6.07, 6.45) is 9.04. The lowest BCUT2D eigenvalue weighted by Crippen LogP contribution is -2.37. The summed E-state index contributed by atoms with van der Waals surface area (Å²) in [5.74, 6) is 0.225. The van der Waals surface area contributed by atoms with E-state index in [1.165, 1.54) is 16.7 Å². The van der Waals surface area contributed by atoms with E-state index in [1.54, 1.807) is 0 Å². The van der Waals surface area contributed by atoms with Crippen LogP contribution in [0.4, 0.5) is 0 Å². The molecule has 160 valence electrons. The van der Waals surface area contributed by atoms with Crippen LogP contribution in [-0.4, -0.2) is 51.9 Å². The standard InChI is InChI=1S/C26H30N4O/c1-2-15-30-17-16-29(19-21-7-11-27-12-8-21)20-24(26(30)31)18-23-5-3-4-6-25(23)22-9-13-28-14-10-22/h3-14,24H,2,15-20H2,1H3/t24-/m0/s1. The van der Waals surface area contributed by atoms with Crippen LogP contribution in [0.15, 0.2) is 73.3 Å². The summed E-state index contributed by atoms with van der Waals surface area (Å²) in [6, 6.07) is 16.6. The quantitative estimate of drug-likeness (QED) is 0.585. The van der Waals surface area contributed by atoms with Gasteiger partial charge >= 0.3 is 0 Å². The Morgan fingerprint density at radius 3 is 2.39 bits per heavy atom. The SMILES string of the molecule is CCCN1CCN(Cc2ccncc2)C[C@H](Cc2ccccc2-c2ccncc2)C1=O. The molecule has 0 aliphatic carbocycles. The number of hydrogen-bond donors (Lipinski definition) is 0. The lowest BCUT2D eigenvalue weighted by molar-refractivity contribution is -0.134. The second-order valence-electron chi connectivity index (χ2n) is 8.21. The molecule has 1 atom stereocenters. The highest BCUT2D eigenvalue weighted by molar-refractivity contribution is 5.80. The van der Waals surface area contributed by atoms with E-state index in [9.17, 15) is 4.79 Å². The minimum Gasteiger partial charge on any atom is -0.341 e. The molecule has 5 nitrogen and oxygen atoms in total. The third kappa shape index (κ3) is 5.36.